The van der Waals surface area contributed by atoms with Crippen molar-refractivity contribution in [1.82, 2.24) is 0 Å². The molecule has 240 valence electrons. The summed E-state index contributed by atoms with van der Waals surface area (Å²) in [6.07, 6.45) is 11.5. The second-order valence-electron chi connectivity index (χ2n) is 17.3. The van der Waals surface area contributed by atoms with E-state index in [9.17, 15) is 0 Å². The molecule has 0 aliphatic heterocycles. The van der Waals surface area contributed by atoms with Crippen LogP contribution < -0.4 is 0 Å². The topological polar surface area (TPSA) is 0 Å². The standard InChI is InChI=1S/C47H52/c1-30-23-43(47(36-21-15-16-22-36,34-17-11-9-12-18-34)35-19-13-10-14-20-35)46(7,8)40-25-32-24-33-26-42-41(28-39(33)38(32)27-37(30)40)44(3,4)29-31(2)45(42,5)6/h9-21,25-28,30-31,43H,22-24,29H2,1-8H3. The van der Waals surface area contributed by atoms with E-state index in [1.165, 1.54) is 45.4 Å². The third-order valence-corrected chi connectivity index (χ3v) is 13.6. The van der Waals surface area contributed by atoms with E-state index in [4.69, 9.17) is 0 Å². The van der Waals surface area contributed by atoms with E-state index in [0.29, 0.717) is 17.8 Å². The van der Waals surface area contributed by atoms with Gasteiger partial charge in [0.1, 0.15) is 0 Å². The summed E-state index contributed by atoms with van der Waals surface area (Å²) in [5, 5.41) is 0. The second kappa shape index (κ2) is 10.4. The van der Waals surface area contributed by atoms with Gasteiger partial charge in [-0.15, -0.1) is 0 Å². The quantitative estimate of drug-likeness (QED) is 0.188. The number of fused-ring (bicyclic) bond motifs is 5. The molecule has 0 amide bonds. The van der Waals surface area contributed by atoms with Gasteiger partial charge in [0.25, 0.3) is 0 Å². The molecule has 0 bridgehead atoms. The Morgan fingerprint density at radius 2 is 1.26 bits per heavy atom. The fraction of sp³-hybridized carbons (Fsp3) is 0.404. The Balaban J connectivity index is 1.31. The fourth-order valence-corrected chi connectivity index (χ4v) is 10.7. The molecule has 4 aliphatic rings. The lowest BCUT2D eigenvalue weighted by molar-refractivity contribution is 0.184. The molecule has 0 N–H and O–H groups in total. The molecule has 3 unspecified atom stereocenters. The van der Waals surface area contributed by atoms with Gasteiger partial charge in [-0.05, 0) is 115 Å². The lowest BCUT2D eigenvalue weighted by atomic mass is 9.48. The molecular weight excluding hydrogens is 565 g/mol. The van der Waals surface area contributed by atoms with Gasteiger partial charge in [-0.25, -0.2) is 0 Å². The minimum atomic E-state index is -0.212. The van der Waals surface area contributed by atoms with Gasteiger partial charge < -0.3 is 0 Å². The molecule has 0 nitrogen and oxygen atoms in total. The average Bonchev–Trinajstić information content (AvgIpc) is 3.71. The predicted octanol–water partition coefficient (Wildman–Crippen LogP) is 12.1. The van der Waals surface area contributed by atoms with E-state index in [0.717, 1.165) is 19.3 Å². The average molecular weight is 617 g/mol. The van der Waals surface area contributed by atoms with Crippen molar-refractivity contribution in [3.8, 4) is 11.1 Å². The molecule has 8 rings (SSSR count). The van der Waals surface area contributed by atoms with Crippen molar-refractivity contribution in [2.24, 2.45) is 11.8 Å². The first-order chi connectivity index (χ1) is 22.4. The molecule has 0 heterocycles. The molecule has 0 heteroatoms. The zero-order chi connectivity index (χ0) is 32.9. The molecule has 0 saturated carbocycles. The van der Waals surface area contributed by atoms with Crippen molar-refractivity contribution in [1.29, 1.82) is 0 Å². The van der Waals surface area contributed by atoms with Crippen molar-refractivity contribution >= 4 is 0 Å². The summed E-state index contributed by atoms with van der Waals surface area (Å²) in [7, 11) is 0. The first kappa shape index (κ1) is 30.7. The third kappa shape index (κ3) is 4.32. The molecule has 0 saturated heterocycles. The Bertz CT molecular complexity index is 1890. The molecule has 0 spiro atoms. The van der Waals surface area contributed by atoms with Crippen molar-refractivity contribution < 1.29 is 0 Å². The molecule has 0 aromatic heterocycles. The van der Waals surface area contributed by atoms with Crippen LogP contribution in [0.5, 0.6) is 0 Å². The Morgan fingerprint density at radius 1 is 0.660 bits per heavy atom. The summed E-state index contributed by atoms with van der Waals surface area (Å²) < 4.78 is 0. The van der Waals surface area contributed by atoms with E-state index in [-0.39, 0.29) is 21.7 Å². The Morgan fingerprint density at radius 3 is 1.85 bits per heavy atom. The summed E-state index contributed by atoms with van der Waals surface area (Å²) in [6.45, 7) is 20.0. The van der Waals surface area contributed by atoms with Crippen molar-refractivity contribution in [2.45, 2.75) is 109 Å². The molecule has 47 heavy (non-hydrogen) atoms. The van der Waals surface area contributed by atoms with Gasteiger partial charge in [0, 0.05) is 5.41 Å². The van der Waals surface area contributed by atoms with Gasteiger partial charge in [0.15, 0.2) is 0 Å². The Hall–Kier alpha value is -3.64. The first-order valence-corrected chi connectivity index (χ1v) is 18.2. The monoisotopic (exact) mass is 616 g/mol. The van der Waals surface area contributed by atoms with Crippen molar-refractivity contribution in [2.75, 3.05) is 0 Å². The highest BCUT2D eigenvalue weighted by Gasteiger charge is 2.54. The smallest absolute Gasteiger partial charge is 0.0453 e. The SMILES string of the molecule is CC1CC(C(C2=CC=CC2)(c2ccccc2)c2ccccc2)C(C)(C)c2cc3c(cc21)-c1cc2c(cc1C3)C(C)(C)C(C)CC2(C)C. The number of benzene rings is 4. The predicted molar refractivity (Wildman–Crippen MR) is 200 cm³/mol. The molecule has 4 aromatic carbocycles. The van der Waals surface area contributed by atoms with E-state index >= 15 is 0 Å². The highest BCUT2D eigenvalue weighted by Crippen LogP contribution is 2.61. The van der Waals surface area contributed by atoms with Gasteiger partial charge >= 0.3 is 0 Å². The molecule has 0 fully saturated rings. The van der Waals surface area contributed by atoms with Crippen LogP contribution in [0.25, 0.3) is 11.1 Å². The van der Waals surface area contributed by atoms with Crippen molar-refractivity contribution in [3.63, 3.8) is 0 Å². The van der Waals surface area contributed by atoms with Crippen LogP contribution in [0.2, 0.25) is 0 Å². The van der Waals surface area contributed by atoms with Crippen LogP contribution in [0.15, 0.2) is 109 Å². The van der Waals surface area contributed by atoms with E-state index < -0.39 is 0 Å². The fourth-order valence-electron chi connectivity index (χ4n) is 10.7. The molecule has 0 radical (unpaired) electrons. The van der Waals surface area contributed by atoms with Gasteiger partial charge in [-0.3, -0.25) is 0 Å². The van der Waals surface area contributed by atoms with Crippen molar-refractivity contribution in [3.05, 3.63) is 153 Å². The Kier molecular flexibility index (Phi) is 6.81. The number of hydrogen-bond donors (Lipinski definition) is 0. The van der Waals surface area contributed by atoms with Gasteiger partial charge in [0.05, 0.1) is 0 Å². The van der Waals surface area contributed by atoms with Crippen LogP contribution in [-0.4, -0.2) is 0 Å². The highest BCUT2D eigenvalue weighted by molar-refractivity contribution is 5.80. The van der Waals surface area contributed by atoms with Crippen LogP contribution in [0.4, 0.5) is 0 Å². The maximum absolute atomic E-state index is 2.66. The van der Waals surface area contributed by atoms with E-state index in [1.807, 2.05) is 0 Å². The van der Waals surface area contributed by atoms with Crippen LogP contribution >= 0.6 is 0 Å². The van der Waals surface area contributed by atoms with Crippen LogP contribution in [0, 0.1) is 11.8 Å². The first-order valence-electron chi connectivity index (χ1n) is 18.2. The summed E-state index contributed by atoms with van der Waals surface area (Å²) in [4.78, 5) is 0. The number of hydrogen-bond acceptors (Lipinski definition) is 0. The van der Waals surface area contributed by atoms with E-state index in [1.54, 1.807) is 22.3 Å². The number of allylic oxidation sites excluding steroid dienone is 4. The minimum absolute atomic E-state index is 0.0422. The zero-order valence-electron chi connectivity index (χ0n) is 29.9. The molecule has 3 atom stereocenters. The summed E-state index contributed by atoms with van der Waals surface area (Å²) in [5.74, 6) is 1.52. The summed E-state index contributed by atoms with van der Waals surface area (Å²) in [5.41, 5.74) is 16.9. The number of rotatable bonds is 4. The second-order valence-corrected chi connectivity index (χ2v) is 17.3. The highest BCUT2D eigenvalue weighted by atomic mass is 14.6. The molecule has 4 aliphatic carbocycles. The summed E-state index contributed by atoms with van der Waals surface area (Å²) >= 11 is 0. The van der Waals surface area contributed by atoms with Gasteiger partial charge in [-0.2, -0.15) is 0 Å². The largest absolute Gasteiger partial charge is 0.0804 e. The third-order valence-electron chi connectivity index (χ3n) is 13.6. The lowest BCUT2D eigenvalue weighted by Crippen LogP contribution is -2.50. The minimum Gasteiger partial charge on any atom is -0.0804 e. The maximum atomic E-state index is 2.66. The van der Waals surface area contributed by atoms with Crippen LogP contribution in [0.3, 0.4) is 0 Å². The molecule has 4 aromatic rings. The van der Waals surface area contributed by atoms with Crippen LogP contribution in [0.1, 0.15) is 125 Å². The zero-order valence-corrected chi connectivity index (χ0v) is 29.9. The van der Waals surface area contributed by atoms with Crippen LogP contribution in [-0.2, 0) is 28.1 Å². The lowest BCUT2D eigenvalue weighted by Gasteiger charge is -2.54. The van der Waals surface area contributed by atoms with E-state index in [2.05, 4.69) is 159 Å². The van der Waals surface area contributed by atoms with Gasteiger partial charge in [0.2, 0.25) is 0 Å². The Labute approximate surface area is 284 Å². The molecular formula is C47H52. The van der Waals surface area contributed by atoms with Gasteiger partial charge in [-0.1, -0.05) is 164 Å². The normalized spacial score (nSPS) is 24.6. The maximum Gasteiger partial charge on any atom is 0.0453 e. The summed E-state index contributed by atoms with van der Waals surface area (Å²) in [6, 6.07) is 33.4.